The summed E-state index contributed by atoms with van der Waals surface area (Å²) >= 11 is 11.1. The molecule has 0 unspecified atom stereocenters. The molecule has 0 radical (unpaired) electrons. The molecule has 1 aromatic carbocycles. The maximum absolute atomic E-state index is 12.7. The number of carbonyl (C=O) groups excluding carboxylic acids is 1. The lowest BCUT2D eigenvalue weighted by atomic mass is 9.97. The van der Waals surface area contributed by atoms with Gasteiger partial charge in [0, 0.05) is 17.6 Å². The second kappa shape index (κ2) is 6.89. The molecule has 134 valence electrons. The van der Waals surface area contributed by atoms with Gasteiger partial charge in [-0.1, -0.05) is 23.7 Å². The minimum atomic E-state index is -0.658. The van der Waals surface area contributed by atoms with Gasteiger partial charge < -0.3 is 15.0 Å². The van der Waals surface area contributed by atoms with Crippen LogP contribution < -0.4 is 11.3 Å². The molecule has 0 aliphatic heterocycles. The molecule has 0 spiro atoms. The van der Waals surface area contributed by atoms with Crippen LogP contribution in [0.25, 0.3) is 22.2 Å². The molecule has 2 aromatic heterocycles. The number of hydrogen-bond acceptors (Lipinski definition) is 6. The highest BCUT2D eigenvalue weighted by Gasteiger charge is 2.25. The zero-order valence-electron chi connectivity index (χ0n) is 14.0. The van der Waals surface area contributed by atoms with Gasteiger partial charge in [0.05, 0.1) is 12.0 Å². The SMILES string of the molecule is CCOC(=O)c1c(N)nc2c(c1-c1ccc(Cl)cc1)c(=O)[nH]c(=S)n2C. The number of carbonyl (C=O) groups is 1. The predicted octanol–water partition coefficient (Wildman–Crippen LogP) is 3.07. The van der Waals surface area contributed by atoms with Gasteiger partial charge in [0.15, 0.2) is 10.4 Å². The summed E-state index contributed by atoms with van der Waals surface area (Å²) in [7, 11) is 1.66. The van der Waals surface area contributed by atoms with E-state index in [-0.39, 0.29) is 33.8 Å². The lowest BCUT2D eigenvalue weighted by Gasteiger charge is -2.15. The molecule has 0 saturated carbocycles. The van der Waals surface area contributed by atoms with E-state index in [0.29, 0.717) is 16.1 Å². The Morgan fingerprint density at radius 1 is 1.38 bits per heavy atom. The van der Waals surface area contributed by atoms with E-state index < -0.39 is 11.5 Å². The second-order valence-corrected chi connectivity index (χ2v) is 6.31. The monoisotopic (exact) mass is 390 g/mol. The number of aromatic amines is 1. The molecule has 3 aromatic rings. The molecular weight excluding hydrogens is 376 g/mol. The molecule has 0 aliphatic carbocycles. The van der Waals surface area contributed by atoms with Crippen LogP contribution in [0.1, 0.15) is 17.3 Å². The first-order chi connectivity index (χ1) is 12.3. The van der Waals surface area contributed by atoms with Crippen LogP contribution in [0.5, 0.6) is 0 Å². The number of anilines is 1. The van der Waals surface area contributed by atoms with Crippen LogP contribution in [-0.4, -0.2) is 27.1 Å². The second-order valence-electron chi connectivity index (χ2n) is 5.49. The van der Waals surface area contributed by atoms with Crippen LogP contribution in [0.4, 0.5) is 5.82 Å². The van der Waals surface area contributed by atoms with Crippen LogP contribution in [0, 0.1) is 4.77 Å². The summed E-state index contributed by atoms with van der Waals surface area (Å²) in [5, 5.41) is 0.714. The summed E-state index contributed by atoms with van der Waals surface area (Å²) < 4.78 is 6.83. The number of benzene rings is 1. The van der Waals surface area contributed by atoms with E-state index in [9.17, 15) is 9.59 Å². The lowest BCUT2D eigenvalue weighted by molar-refractivity contribution is 0.0528. The summed E-state index contributed by atoms with van der Waals surface area (Å²) in [4.78, 5) is 32.0. The Bertz CT molecular complexity index is 1140. The quantitative estimate of drug-likeness (QED) is 0.526. The Morgan fingerprint density at radius 2 is 2.04 bits per heavy atom. The highest BCUT2D eigenvalue weighted by Crippen LogP contribution is 2.33. The summed E-state index contributed by atoms with van der Waals surface area (Å²) in [5.74, 6) is -0.703. The van der Waals surface area contributed by atoms with Gasteiger partial charge in [-0.25, -0.2) is 9.78 Å². The minimum absolute atomic E-state index is 0.0318. The maximum atomic E-state index is 12.7. The van der Waals surface area contributed by atoms with Crippen molar-refractivity contribution in [1.82, 2.24) is 14.5 Å². The van der Waals surface area contributed by atoms with Crippen molar-refractivity contribution >= 4 is 46.6 Å². The Labute approximate surface area is 158 Å². The molecule has 0 aliphatic rings. The number of nitrogens with zero attached hydrogens (tertiary/aromatic N) is 2. The van der Waals surface area contributed by atoms with Crippen molar-refractivity contribution < 1.29 is 9.53 Å². The molecule has 2 heterocycles. The number of nitrogens with two attached hydrogens (primary N) is 1. The number of nitrogen functional groups attached to an aromatic ring is 1. The van der Waals surface area contributed by atoms with Gasteiger partial charge in [0.1, 0.15) is 11.4 Å². The third kappa shape index (κ3) is 2.97. The molecule has 0 amide bonds. The largest absolute Gasteiger partial charge is 0.462 e. The first-order valence-electron chi connectivity index (χ1n) is 7.70. The average Bonchev–Trinajstić information content (AvgIpc) is 2.59. The summed E-state index contributed by atoms with van der Waals surface area (Å²) in [6.07, 6.45) is 0. The maximum Gasteiger partial charge on any atom is 0.342 e. The van der Waals surface area contributed by atoms with E-state index >= 15 is 0 Å². The number of aromatic nitrogens is 3. The summed E-state index contributed by atoms with van der Waals surface area (Å²) in [6.45, 7) is 1.84. The van der Waals surface area contributed by atoms with E-state index in [1.54, 1.807) is 38.2 Å². The fourth-order valence-electron chi connectivity index (χ4n) is 2.70. The summed E-state index contributed by atoms with van der Waals surface area (Å²) in [6, 6.07) is 6.70. The summed E-state index contributed by atoms with van der Waals surface area (Å²) in [5.41, 5.74) is 6.81. The first-order valence-corrected chi connectivity index (χ1v) is 8.49. The number of rotatable bonds is 3. The van der Waals surface area contributed by atoms with Gasteiger partial charge in [0.2, 0.25) is 0 Å². The third-order valence-corrected chi connectivity index (χ3v) is 4.52. The number of nitrogens with one attached hydrogen (secondary N) is 1. The molecule has 7 nitrogen and oxygen atoms in total. The highest BCUT2D eigenvalue weighted by atomic mass is 35.5. The fraction of sp³-hybridized carbons (Fsp3) is 0.176. The molecule has 0 fully saturated rings. The van der Waals surface area contributed by atoms with Crippen molar-refractivity contribution in [1.29, 1.82) is 0 Å². The van der Waals surface area contributed by atoms with Crippen molar-refractivity contribution in [2.75, 3.05) is 12.3 Å². The number of ether oxygens (including phenoxy) is 1. The van der Waals surface area contributed by atoms with Crippen molar-refractivity contribution in [3.05, 3.63) is 50.0 Å². The van der Waals surface area contributed by atoms with Crippen molar-refractivity contribution in [3.8, 4) is 11.1 Å². The number of aryl methyl sites for hydroxylation is 1. The smallest absolute Gasteiger partial charge is 0.342 e. The zero-order valence-corrected chi connectivity index (χ0v) is 15.6. The van der Waals surface area contributed by atoms with Gasteiger partial charge in [-0.3, -0.25) is 9.78 Å². The highest BCUT2D eigenvalue weighted by molar-refractivity contribution is 7.71. The van der Waals surface area contributed by atoms with Crippen LogP contribution in [-0.2, 0) is 11.8 Å². The Hall–Kier alpha value is -2.71. The number of pyridine rings is 1. The van der Waals surface area contributed by atoms with Gasteiger partial charge >= 0.3 is 5.97 Å². The van der Waals surface area contributed by atoms with Crippen LogP contribution in [0.3, 0.4) is 0 Å². The van der Waals surface area contributed by atoms with Crippen molar-refractivity contribution in [3.63, 3.8) is 0 Å². The van der Waals surface area contributed by atoms with E-state index in [2.05, 4.69) is 9.97 Å². The normalized spacial score (nSPS) is 10.9. The minimum Gasteiger partial charge on any atom is -0.462 e. The topological polar surface area (TPSA) is 103 Å². The van der Waals surface area contributed by atoms with Crippen LogP contribution in [0.2, 0.25) is 5.02 Å². The Morgan fingerprint density at radius 3 is 2.65 bits per heavy atom. The number of halogens is 1. The number of fused-ring (bicyclic) bond motifs is 1. The van der Waals surface area contributed by atoms with Crippen molar-refractivity contribution in [2.45, 2.75) is 6.92 Å². The van der Waals surface area contributed by atoms with Gasteiger partial charge in [-0.05, 0) is 36.8 Å². The van der Waals surface area contributed by atoms with Gasteiger partial charge in [-0.15, -0.1) is 0 Å². The molecule has 0 saturated heterocycles. The Balaban J connectivity index is 2.54. The molecule has 3 N–H and O–H groups in total. The van der Waals surface area contributed by atoms with E-state index in [1.807, 2.05) is 0 Å². The van der Waals surface area contributed by atoms with Gasteiger partial charge in [-0.2, -0.15) is 0 Å². The molecule has 3 rings (SSSR count). The van der Waals surface area contributed by atoms with E-state index in [0.717, 1.165) is 0 Å². The molecule has 0 atom stereocenters. The molecule has 26 heavy (non-hydrogen) atoms. The lowest BCUT2D eigenvalue weighted by Crippen LogP contribution is -2.19. The fourth-order valence-corrected chi connectivity index (χ4v) is 3.01. The number of esters is 1. The molecule has 0 bridgehead atoms. The van der Waals surface area contributed by atoms with Crippen LogP contribution >= 0.6 is 23.8 Å². The number of H-pyrrole nitrogens is 1. The predicted molar refractivity (Wildman–Crippen MR) is 103 cm³/mol. The Kier molecular flexibility index (Phi) is 4.80. The van der Waals surface area contributed by atoms with Crippen LogP contribution in [0.15, 0.2) is 29.1 Å². The first kappa shape index (κ1) is 18.1. The van der Waals surface area contributed by atoms with E-state index in [4.69, 9.17) is 34.3 Å². The van der Waals surface area contributed by atoms with Gasteiger partial charge in [0.25, 0.3) is 5.56 Å². The van der Waals surface area contributed by atoms with E-state index in [1.165, 1.54) is 4.57 Å². The van der Waals surface area contributed by atoms with Crippen molar-refractivity contribution in [2.24, 2.45) is 7.05 Å². The average molecular weight is 391 g/mol. The third-order valence-electron chi connectivity index (χ3n) is 3.89. The number of hydrogen-bond donors (Lipinski definition) is 2. The molecule has 9 heteroatoms. The molecular formula is C17H15ClN4O3S. The standard InChI is InChI=1S/C17H15ClN4O3S/c1-3-25-16(24)11-10(8-4-6-9(18)7-5-8)12-14(20-13(11)19)22(2)17(26)21-15(12)23/h4-7H,3H2,1-2H3,(H2,19,20)(H,21,23,26). The zero-order chi connectivity index (χ0) is 19.0.